The van der Waals surface area contributed by atoms with Crippen LogP contribution >= 0.6 is 0 Å². The molecular formula is C30H38GeZr. The van der Waals surface area contributed by atoms with Gasteiger partial charge in [-0.05, 0) is 0 Å². The van der Waals surface area contributed by atoms with E-state index in [9.17, 15) is 0 Å². The second-order valence-corrected chi connectivity index (χ2v) is 22.2. The molecule has 0 nitrogen and oxygen atoms in total. The van der Waals surface area contributed by atoms with E-state index in [4.69, 9.17) is 0 Å². The summed E-state index contributed by atoms with van der Waals surface area (Å²) in [5.74, 6) is 0. The molecule has 4 aromatic rings. The molecule has 2 heteroatoms. The van der Waals surface area contributed by atoms with Gasteiger partial charge in [0.2, 0.25) is 0 Å². The molecule has 0 aliphatic rings. The first-order valence-corrected chi connectivity index (χ1v) is 22.2. The number of benzene rings is 2. The van der Waals surface area contributed by atoms with Crippen LogP contribution in [0.2, 0.25) is 10.5 Å². The molecule has 0 amide bonds. The van der Waals surface area contributed by atoms with Gasteiger partial charge in [-0.1, -0.05) is 69.7 Å². The smallest absolute Gasteiger partial charge is 0.0623 e. The number of aryl methyl sites for hydroxylation is 2. The Balaban J connectivity index is 0.000000185. The van der Waals surface area contributed by atoms with E-state index in [1.807, 2.05) is 21.6 Å². The molecule has 0 aliphatic carbocycles. The van der Waals surface area contributed by atoms with Crippen molar-refractivity contribution in [3.05, 3.63) is 95.1 Å². The van der Waals surface area contributed by atoms with E-state index in [0.29, 0.717) is 0 Å². The van der Waals surface area contributed by atoms with Crippen molar-refractivity contribution in [3.63, 3.8) is 0 Å². The van der Waals surface area contributed by atoms with E-state index >= 15 is 0 Å². The van der Waals surface area contributed by atoms with Gasteiger partial charge in [0.25, 0.3) is 0 Å². The number of fused-ring (bicyclic) bond motifs is 1. The zero-order valence-electron chi connectivity index (χ0n) is 20.8. The van der Waals surface area contributed by atoms with Crippen LogP contribution in [0, 0.1) is 27.7 Å². The Labute approximate surface area is 212 Å². The van der Waals surface area contributed by atoms with Crippen LogP contribution < -0.4 is 0 Å². The molecule has 0 N–H and O–H groups in total. The van der Waals surface area contributed by atoms with Crippen molar-refractivity contribution in [2.24, 2.45) is 0 Å². The molecule has 0 saturated heterocycles. The van der Waals surface area contributed by atoms with Gasteiger partial charge in [0.1, 0.15) is 0 Å². The molecule has 4 aromatic carbocycles. The first-order chi connectivity index (χ1) is 15.4. The number of hydrogen-bond donors (Lipinski definition) is 0. The number of rotatable bonds is 5. The fourth-order valence-corrected chi connectivity index (χ4v) is 13.3. The Morgan fingerprint density at radius 1 is 0.750 bits per heavy atom. The Hall–Kier alpha value is -1.17. The van der Waals surface area contributed by atoms with Gasteiger partial charge in [-0.3, -0.25) is 0 Å². The maximum absolute atomic E-state index is 2.31. The Bertz CT molecular complexity index is 1070. The first-order valence-electron chi connectivity index (χ1n) is 11.8. The second kappa shape index (κ2) is 14.2. The summed E-state index contributed by atoms with van der Waals surface area (Å²) in [6, 6.07) is 25.6. The predicted molar refractivity (Wildman–Crippen MR) is 142 cm³/mol. The quantitative estimate of drug-likeness (QED) is 0.168. The van der Waals surface area contributed by atoms with Crippen LogP contribution in [0.3, 0.4) is 0 Å². The van der Waals surface area contributed by atoms with Crippen LogP contribution in [0.4, 0.5) is 0 Å². The zero-order valence-corrected chi connectivity index (χ0v) is 25.3. The average molecular weight is 562 g/mol. The standard InChI is InChI=1S/C15H11.C9H13.C6H14Ge.Zr/c1-2-6-12(7-3-1)15-11-10-13-8-4-5-9-14(13)15;1-6-5-7(2)9(4)8(6)3;1-3-5-7-6-4-2;/h1-11H;5H,1-4H3;3-6H2,1-2H3;/q2*-1;;+2. The third kappa shape index (κ3) is 8.00. The Kier molecular flexibility index (Phi) is 12.0. The minimum absolute atomic E-state index is 0.345. The van der Waals surface area contributed by atoms with Crippen LogP contribution in [0.25, 0.3) is 21.9 Å². The molecular weight excluding hydrogens is 524 g/mol. The van der Waals surface area contributed by atoms with Crippen molar-refractivity contribution >= 4 is 20.7 Å². The minimum Gasteiger partial charge on any atom is -0.196 e. The van der Waals surface area contributed by atoms with E-state index in [2.05, 4.69) is 114 Å². The van der Waals surface area contributed by atoms with Gasteiger partial charge < -0.3 is 0 Å². The van der Waals surface area contributed by atoms with Crippen LogP contribution in [0.1, 0.15) is 48.9 Å². The molecule has 166 valence electrons. The topological polar surface area (TPSA) is 0 Å². The maximum atomic E-state index is 2.31. The number of hydrogen-bond acceptors (Lipinski definition) is 0. The van der Waals surface area contributed by atoms with E-state index < -0.39 is 0 Å². The molecule has 0 atom stereocenters. The summed E-state index contributed by atoms with van der Waals surface area (Å²) >= 11 is 1.90. The molecule has 0 radical (unpaired) electrons. The van der Waals surface area contributed by atoms with Crippen molar-refractivity contribution in [2.45, 2.75) is 64.9 Å². The van der Waals surface area contributed by atoms with Crippen LogP contribution in [0.5, 0.6) is 0 Å². The first kappa shape index (κ1) is 27.1. The van der Waals surface area contributed by atoms with Crippen LogP contribution in [-0.4, -0.2) is 9.98 Å². The van der Waals surface area contributed by atoms with E-state index in [0.717, 1.165) is 0 Å². The average Bonchev–Trinajstić information content (AvgIpc) is 3.32. The van der Waals surface area contributed by atoms with Crippen molar-refractivity contribution in [1.82, 2.24) is 0 Å². The van der Waals surface area contributed by atoms with Gasteiger partial charge in [0.05, 0.1) is 0 Å². The van der Waals surface area contributed by atoms with Gasteiger partial charge in [-0.2, -0.15) is 28.3 Å². The van der Waals surface area contributed by atoms with Crippen LogP contribution in [0.15, 0.2) is 72.8 Å². The van der Waals surface area contributed by atoms with Gasteiger partial charge in [-0.25, -0.2) is 0 Å². The summed E-state index contributed by atoms with van der Waals surface area (Å²) in [7, 11) is -0.345. The van der Waals surface area contributed by atoms with Gasteiger partial charge in [-0.15, -0.1) is 46.7 Å². The monoisotopic (exact) mass is 562 g/mol. The summed E-state index contributed by atoms with van der Waals surface area (Å²) in [6.07, 6.45) is 2.89. The van der Waals surface area contributed by atoms with Gasteiger partial charge >= 0.3 is 68.8 Å². The second-order valence-electron chi connectivity index (χ2n) is 8.56. The summed E-state index contributed by atoms with van der Waals surface area (Å²) in [6.45, 7) is 13.3. The summed E-state index contributed by atoms with van der Waals surface area (Å²) in [4.78, 5) is 0. The van der Waals surface area contributed by atoms with E-state index in [-0.39, 0.29) is 9.98 Å². The molecule has 32 heavy (non-hydrogen) atoms. The molecule has 0 bridgehead atoms. The zero-order chi connectivity index (χ0) is 23.5. The summed E-state index contributed by atoms with van der Waals surface area (Å²) in [5.41, 5.74) is 8.36. The van der Waals surface area contributed by atoms with E-state index in [1.54, 1.807) is 10.5 Å². The minimum atomic E-state index is -0.345. The molecule has 0 saturated carbocycles. The van der Waals surface area contributed by atoms with Crippen LogP contribution in [-0.2, 0) is 21.6 Å². The molecule has 0 spiro atoms. The summed E-state index contributed by atoms with van der Waals surface area (Å²) < 4.78 is 0. The van der Waals surface area contributed by atoms with Crippen molar-refractivity contribution in [2.75, 3.05) is 0 Å². The summed E-state index contributed by atoms with van der Waals surface area (Å²) in [5, 5.41) is 5.89. The maximum Gasteiger partial charge on any atom is -0.0623 e. The Morgan fingerprint density at radius 3 is 1.78 bits per heavy atom. The molecule has 0 heterocycles. The SMILES string of the molecule is CC[CH2][Ge](=[Zr+2])[CH2]CC.Cc1[cH-]c(C)c(C)c1C.c1ccc(-c2c[cH-]c3ccccc23)cc1. The normalized spacial score (nSPS) is 10.2. The molecule has 0 unspecified atom stereocenters. The van der Waals surface area contributed by atoms with Crippen molar-refractivity contribution < 1.29 is 21.6 Å². The fraction of sp³-hybridized carbons (Fsp3) is 0.333. The van der Waals surface area contributed by atoms with Crippen molar-refractivity contribution in [1.29, 1.82) is 0 Å². The molecule has 0 aromatic heterocycles. The largest absolute Gasteiger partial charge is 0.196 e. The van der Waals surface area contributed by atoms with Gasteiger partial charge in [0.15, 0.2) is 0 Å². The van der Waals surface area contributed by atoms with Gasteiger partial charge in [0, 0.05) is 0 Å². The predicted octanol–water partition coefficient (Wildman–Crippen LogP) is 9.21. The third-order valence-electron chi connectivity index (χ3n) is 6.05. The van der Waals surface area contributed by atoms with E-state index in [1.165, 1.54) is 57.0 Å². The fourth-order valence-electron chi connectivity index (χ4n) is 3.88. The third-order valence-corrected chi connectivity index (χ3v) is 17.1. The molecule has 0 fully saturated rings. The molecule has 4 rings (SSSR count). The van der Waals surface area contributed by atoms with Crippen molar-refractivity contribution in [3.8, 4) is 11.1 Å². The molecule has 0 aliphatic heterocycles. The Morgan fingerprint density at radius 2 is 1.28 bits per heavy atom.